The Morgan fingerprint density at radius 3 is 2.69 bits per heavy atom. The molecule has 0 radical (unpaired) electrons. The maximum absolute atomic E-state index is 11.8. The predicted molar refractivity (Wildman–Crippen MR) is 115 cm³/mol. The molecule has 6 nitrogen and oxygen atoms in total. The van der Waals surface area contributed by atoms with Crippen molar-refractivity contribution in [1.29, 1.82) is 0 Å². The Hall–Kier alpha value is -1.35. The minimum absolute atomic E-state index is 0. The Morgan fingerprint density at radius 1 is 1.27 bits per heavy atom. The number of hydrogen-bond acceptors (Lipinski definition) is 3. The normalized spacial score (nSPS) is 20.2. The Kier molecular flexibility index (Phi) is 8.64. The summed E-state index contributed by atoms with van der Waals surface area (Å²) in [6, 6.07) is 8.17. The molecule has 144 valence electrons. The number of anilines is 1. The van der Waals surface area contributed by atoms with Crippen molar-refractivity contribution >= 4 is 41.5 Å². The molecule has 1 amide bonds. The molecule has 1 atom stereocenters. The molecule has 0 spiro atoms. The summed E-state index contributed by atoms with van der Waals surface area (Å²) in [4.78, 5) is 17.9. The van der Waals surface area contributed by atoms with Crippen LogP contribution in [-0.4, -0.2) is 44.7 Å². The van der Waals surface area contributed by atoms with E-state index in [1.165, 1.54) is 12.8 Å². The van der Waals surface area contributed by atoms with Gasteiger partial charge in [-0.15, -0.1) is 24.0 Å². The van der Waals surface area contributed by atoms with Gasteiger partial charge < -0.3 is 20.3 Å². The second kappa shape index (κ2) is 10.7. The van der Waals surface area contributed by atoms with Crippen LogP contribution in [0.15, 0.2) is 29.3 Å². The third-order valence-electron chi connectivity index (χ3n) is 4.79. The number of halogens is 1. The van der Waals surface area contributed by atoms with E-state index in [0.717, 1.165) is 49.7 Å². The average molecular weight is 472 g/mol. The first kappa shape index (κ1) is 21.0. The summed E-state index contributed by atoms with van der Waals surface area (Å²) < 4.78 is 5.63. The van der Waals surface area contributed by atoms with Crippen molar-refractivity contribution in [2.75, 3.05) is 31.6 Å². The summed E-state index contributed by atoms with van der Waals surface area (Å²) >= 11 is 0. The van der Waals surface area contributed by atoms with E-state index in [1.54, 1.807) is 7.05 Å². The number of amides is 1. The maximum atomic E-state index is 11.8. The number of carbonyl (C=O) groups is 1. The van der Waals surface area contributed by atoms with Crippen LogP contribution >= 0.6 is 24.0 Å². The van der Waals surface area contributed by atoms with Gasteiger partial charge in [0.05, 0.1) is 6.10 Å². The van der Waals surface area contributed by atoms with Crippen molar-refractivity contribution in [1.82, 2.24) is 10.6 Å². The molecule has 2 aliphatic heterocycles. The highest BCUT2D eigenvalue weighted by Crippen LogP contribution is 2.21. The highest BCUT2D eigenvalue weighted by Gasteiger charge is 2.21. The zero-order chi connectivity index (χ0) is 17.5. The van der Waals surface area contributed by atoms with E-state index in [0.29, 0.717) is 19.1 Å². The smallest absolute Gasteiger partial charge is 0.227 e. The van der Waals surface area contributed by atoms with Crippen LogP contribution < -0.4 is 15.5 Å². The zero-order valence-corrected chi connectivity index (χ0v) is 17.7. The lowest BCUT2D eigenvalue weighted by Crippen LogP contribution is -2.38. The molecule has 0 saturated carbocycles. The van der Waals surface area contributed by atoms with Gasteiger partial charge in [-0.25, -0.2) is 0 Å². The molecule has 26 heavy (non-hydrogen) atoms. The first-order valence-electron chi connectivity index (χ1n) is 9.21. The molecule has 0 aromatic heterocycles. The van der Waals surface area contributed by atoms with Crippen LogP contribution in [0, 0.1) is 0 Å². The van der Waals surface area contributed by atoms with E-state index in [1.807, 2.05) is 17.0 Å². The van der Waals surface area contributed by atoms with Gasteiger partial charge in [0, 0.05) is 45.4 Å². The highest BCUT2D eigenvalue weighted by atomic mass is 127. The Morgan fingerprint density at radius 2 is 2.08 bits per heavy atom. The van der Waals surface area contributed by atoms with Crippen LogP contribution in [0.2, 0.25) is 0 Å². The van der Waals surface area contributed by atoms with Crippen LogP contribution in [0.5, 0.6) is 0 Å². The number of benzene rings is 1. The zero-order valence-electron chi connectivity index (χ0n) is 15.4. The molecular formula is C19H29IN4O2. The van der Waals surface area contributed by atoms with Gasteiger partial charge in [0.1, 0.15) is 0 Å². The third kappa shape index (κ3) is 5.84. The Labute approximate surface area is 172 Å². The summed E-state index contributed by atoms with van der Waals surface area (Å²) in [7, 11) is 1.78. The molecular weight excluding hydrogens is 443 g/mol. The fourth-order valence-electron chi connectivity index (χ4n) is 3.34. The van der Waals surface area contributed by atoms with Crippen molar-refractivity contribution in [3.63, 3.8) is 0 Å². The number of aliphatic imine (C=N–C) groups is 1. The molecule has 1 aromatic carbocycles. The van der Waals surface area contributed by atoms with Crippen LogP contribution in [-0.2, 0) is 16.1 Å². The number of ether oxygens (including phenoxy) is 1. The van der Waals surface area contributed by atoms with Crippen LogP contribution in [0.1, 0.15) is 37.7 Å². The van der Waals surface area contributed by atoms with Crippen LogP contribution in [0.25, 0.3) is 0 Å². The Bertz CT molecular complexity index is 600. The molecule has 2 N–H and O–H groups in total. The molecule has 2 saturated heterocycles. The molecule has 2 fully saturated rings. The van der Waals surface area contributed by atoms with E-state index in [-0.39, 0.29) is 29.9 Å². The van der Waals surface area contributed by atoms with Crippen LogP contribution in [0.3, 0.4) is 0 Å². The van der Waals surface area contributed by atoms with Gasteiger partial charge in [0.25, 0.3) is 0 Å². The number of hydrogen-bond donors (Lipinski definition) is 2. The lowest BCUT2D eigenvalue weighted by atomic mass is 10.2. The van der Waals surface area contributed by atoms with Crippen molar-refractivity contribution in [2.24, 2.45) is 4.99 Å². The molecule has 1 aromatic rings. The van der Waals surface area contributed by atoms with E-state index < -0.39 is 0 Å². The van der Waals surface area contributed by atoms with Crippen LogP contribution in [0.4, 0.5) is 5.69 Å². The predicted octanol–water partition coefficient (Wildman–Crippen LogP) is 2.67. The first-order valence-corrected chi connectivity index (χ1v) is 9.21. The molecule has 2 heterocycles. The van der Waals surface area contributed by atoms with E-state index >= 15 is 0 Å². The number of nitrogens with zero attached hydrogens (tertiary/aromatic N) is 2. The average Bonchev–Trinajstić information content (AvgIpc) is 3.30. The van der Waals surface area contributed by atoms with Gasteiger partial charge in [-0.3, -0.25) is 9.79 Å². The second-order valence-corrected chi connectivity index (χ2v) is 6.59. The Balaban J connectivity index is 0.00000243. The van der Waals surface area contributed by atoms with Crippen molar-refractivity contribution in [3.8, 4) is 0 Å². The number of nitrogens with one attached hydrogen (secondary N) is 2. The molecule has 2 aliphatic rings. The summed E-state index contributed by atoms with van der Waals surface area (Å²) in [6.07, 6.45) is 5.37. The van der Waals surface area contributed by atoms with Gasteiger partial charge in [-0.05, 0) is 43.4 Å². The quantitative estimate of drug-likeness (QED) is 0.380. The lowest BCUT2D eigenvalue weighted by molar-refractivity contribution is -0.117. The second-order valence-electron chi connectivity index (χ2n) is 6.59. The van der Waals surface area contributed by atoms with Crippen molar-refractivity contribution < 1.29 is 9.53 Å². The number of rotatable bonds is 6. The molecule has 0 aliphatic carbocycles. The van der Waals surface area contributed by atoms with E-state index in [9.17, 15) is 4.79 Å². The first-order chi connectivity index (χ1) is 12.3. The van der Waals surface area contributed by atoms with Gasteiger partial charge >= 0.3 is 0 Å². The van der Waals surface area contributed by atoms with Crippen molar-refractivity contribution in [3.05, 3.63) is 29.8 Å². The molecule has 0 bridgehead atoms. The summed E-state index contributed by atoms with van der Waals surface area (Å²) in [5, 5.41) is 6.66. The van der Waals surface area contributed by atoms with E-state index in [2.05, 4.69) is 27.8 Å². The fourth-order valence-corrected chi connectivity index (χ4v) is 3.34. The van der Waals surface area contributed by atoms with Gasteiger partial charge in [0.2, 0.25) is 5.91 Å². The third-order valence-corrected chi connectivity index (χ3v) is 4.79. The lowest BCUT2D eigenvalue weighted by Gasteiger charge is -2.17. The van der Waals surface area contributed by atoms with Gasteiger partial charge in [-0.2, -0.15) is 0 Å². The largest absolute Gasteiger partial charge is 0.378 e. The summed E-state index contributed by atoms with van der Waals surface area (Å²) in [6.45, 7) is 3.29. The monoisotopic (exact) mass is 472 g/mol. The highest BCUT2D eigenvalue weighted by molar-refractivity contribution is 14.0. The molecule has 3 rings (SSSR count). The SMILES string of the molecule is CN=C(NCCC1CCCO1)NCc1ccc(N2CCCC2=O)cc1.I. The topological polar surface area (TPSA) is 66.0 Å². The summed E-state index contributed by atoms with van der Waals surface area (Å²) in [5.74, 6) is 1.03. The number of guanidine groups is 1. The molecule has 1 unspecified atom stereocenters. The van der Waals surface area contributed by atoms with Crippen molar-refractivity contribution in [2.45, 2.75) is 44.8 Å². The molecule has 7 heteroatoms. The fraction of sp³-hybridized carbons (Fsp3) is 0.579. The van der Waals surface area contributed by atoms with Gasteiger partial charge in [0.15, 0.2) is 5.96 Å². The minimum Gasteiger partial charge on any atom is -0.378 e. The standard InChI is InChI=1S/C19H28N4O2.HI/c1-20-19(21-11-10-17-4-3-13-25-17)22-14-15-6-8-16(9-7-15)23-12-2-5-18(23)24;/h6-9,17H,2-5,10-14H2,1H3,(H2,20,21,22);1H. The van der Waals surface area contributed by atoms with Gasteiger partial charge in [-0.1, -0.05) is 12.1 Å². The summed E-state index contributed by atoms with van der Waals surface area (Å²) in [5.41, 5.74) is 2.16. The van der Waals surface area contributed by atoms with E-state index in [4.69, 9.17) is 4.74 Å². The minimum atomic E-state index is 0. The maximum Gasteiger partial charge on any atom is 0.227 e. The number of carbonyl (C=O) groups excluding carboxylic acids is 1.